The molecule has 27 heavy (non-hydrogen) atoms. The van der Waals surface area contributed by atoms with Gasteiger partial charge in [-0.3, -0.25) is 9.69 Å². The number of carbonyl (C=O) groups excluding carboxylic acids is 1. The number of piperazine rings is 1. The number of benzene rings is 1. The first kappa shape index (κ1) is 18.0. The van der Waals surface area contributed by atoms with Crippen molar-refractivity contribution < 1.29 is 13.6 Å². The zero-order valence-corrected chi connectivity index (χ0v) is 16.0. The van der Waals surface area contributed by atoms with Gasteiger partial charge in [-0.15, -0.1) is 16.4 Å². The molecule has 0 saturated carbocycles. The Labute approximate surface area is 164 Å². The zero-order chi connectivity index (χ0) is 18.8. The van der Waals surface area contributed by atoms with E-state index in [1.807, 2.05) is 22.4 Å². The Morgan fingerprint density at radius 3 is 2.67 bits per heavy atom. The molecule has 0 unspecified atom stereocenters. The van der Waals surface area contributed by atoms with E-state index in [9.17, 15) is 9.18 Å². The van der Waals surface area contributed by atoms with Gasteiger partial charge in [-0.1, -0.05) is 18.2 Å². The number of amides is 1. The van der Waals surface area contributed by atoms with Gasteiger partial charge in [0, 0.05) is 26.2 Å². The molecule has 1 amide bonds. The van der Waals surface area contributed by atoms with Crippen LogP contribution >= 0.6 is 23.6 Å². The summed E-state index contributed by atoms with van der Waals surface area (Å²) in [5, 5.41) is 6.22. The molecule has 1 aromatic carbocycles. The minimum absolute atomic E-state index is 0.0736. The van der Waals surface area contributed by atoms with E-state index in [0.717, 1.165) is 4.88 Å². The molecular weight excluding hydrogens is 387 g/mol. The van der Waals surface area contributed by atoms with Crippen molar-refractivity contribution in [2.75, 3.05) is 26.2 Å². The second kappa shape index (κ2) is 7.71. The molecule has 0 N–H and O–H groups in total. The molecule has 1 fully saturated rings. The number of nitrogens with zero attached hydrogens (tertiary/aromatic N) is 4. The number of thiophene rings is 1. The SMILES string of the molecule is O=C(c1cccs1)N1CCN(Cn2nc(-c3ccccc3F)oc2=S)CC1. The lowest BCUT2D eigenvalue weighted by molar-refractivity contribution is 0.0588. The van der Waals surface area contributed by atoms with Gasteiger partial charge in [0.2, 0.25) is 5.89 Å². The Morgan fingerprint density at radius 2 is 1.96 bits per heavy atom. The summed E-state index contributed by atoms with van der Waals surface area (Å²) in [5.74, 6) is -0.157. The third-order valence-corrected chi connectivity index (χ3v) is 5.59. The number of halogens is 1. The van der Waals surface area contributed by atoms with Gasteiger partial charge in [-0.05, 0) is 35.8 Å². The van der Waals surface area contributed by atoms with Crippen LogP contribution in [0, 0.1) is 10.7 Å². The fourth-order valence-electron chi connectivity index (χ4n) is 2.98. The fraction of sp³-hybridized carbons (Fsp3) is 0.278. The van der Waals surface area contributed by atoms with Crippen LogP contribution in [0.2, 0.25) is 0 Å². The van der Waals surface area contributed by atoms with Gasteiger partial charge in [0.25, 0.3) is 10.7 Å². The van der Waals surface area contributed by atoms with Crippen LogP contribution in [-0.2, 0) is 6.67 Å². The standard InChI is InChI=1S/C18H17FN4O2S2/c19-14-5-2-1-4-13(14)16-20-23(18(26)25-16)12-21-7-9-22(10-8-21)17(24)15-6-3-11-27-15/h1-6,11H,7-10,12H2. The van der Waals surface area contributed by atoms with E-state index in [1.54, 1.807) is 22.9 Å². The van der Waals surface area contributed by atoms with E-state index >= 15 is 0 Å². The van der Waals surface area contributed by atoms with Gasteiger partial charge in [-0.2, -0.15) is 0 Å². The summed E-state index contributed by atoms with van der Waals surface area (Å²) in [5.41, 5.74) is 0.286. The van der Waals surface area contributed by atoms with Crippen molar-refractivity contribution in [3.8, 4) is 11.5 Å². The Hall–Kier alpha value is -2.36. The van der Waals surface area contributed by atoms with Crippen molar-refractivity contribution >= 4 is 29.5 Å². The zero-order valence-electron chi connectivity index (χ0n) is 14.4. The van der Waals surface area contributed by atoms with Crippen molar-refractivity contribution in [2.45, 2.75) is 6.67 Å². The predicted octanol–water partition coefficient (Wildman–Crippen LogP) is 3.49. The summed E-state index contributed by atoms with van der Waals surface area (Å²) >= 11 is 6.68. The van der Waals surface area contributed by atoms with Crippen molar-refractivity contribution in [1.82, 2.24) is 19.6 Å². The van der Waals surface area contributed by atoms with Crippen LogP contribution in [0.4, 0.5) is 4.39 Å². The average Bonchev–Trinajstić information content (AvgIpc) is 3.33. The van der Waals surface area contributed by atoms with Crippen LogP contribution in [0.3, 0.4) is 0 Å². The van der Waals surface area contributed by atoms with Crippen LogP contribution in [-0.4, -0.2) is 51.7 Å². The minimum atomic E-state index is -0.401. The summed E-state index contributed by atoms with van der Waals surface area (Å²) in [4.78, 5) is 17.4. The molecule has 3 heterocycles. The van der Waals surface area contributed by atoms with Crippen molar-refractivity contribution in [2.24, 2.45) is 0 Å². The highest BCUT2D eigenvalue weighted by Gasteiger charge is 2.23. The molecule has 140 valence electrons. The van der Waals surface area contributed by atoms with Gasteiger partial charge >= 0.3 is 0 Å². The van der Waals surface area contributed by atoms with E-state index in [2.05, 4.69) is 10.00 Å². The molecule has 0 bridgehead atoms. The summed E-state index contributed by atoms with van der Waals surface area (Å²) in [6.07, 6.45) is 0. The highest BCUT2D eigenvalue weighted by molar-refractivity contribution is 7.71. The summed E-state index contributed by atoms with van der Waals surface area (Å²) in [6, 6.07) is 10.0. The highest BCUT2D eigenvalue weighted by Crippen LogP contribution is 2.21. The van der Waals surface area contributed by atoms with Crippen molar-refractivity contribution in [3.05, 3.63) is 57.3 Å². The normalized spacial score (nSPS) is 15.2. The number of hydrogen-bond donors (Lipinski definition) is 0. The lowest BCUT2D eigenvalue weighted by atomic mass is 10.2. The molecule has 0 radical (unpaired) electrons. The van der Waals surface area contributed by atoms with Crippen LogP contribution < -0.4 is 0 Å². The second-order valence-corrected chi connectivity index (χ2v) is 7.48. The van der Waals surface area contributed by atoms with E-state index < -0.39 is 5.82 Å². The third-order valence-electron chi connectivity index (χ3n) is 4.44. The van der Waals surface area contributed by atoms with Crippen LogP contribution in [0.1, 0.15) is 9.67 Å². The maximum absolute atomic E-state index is 13.9. The molecule has 9 heteroatoms. The average molecular weight is 404 g/mol. The summed E-state index contributed by atoms with van der Waals surface area (Å²) in [7, 11) is 0. The van der Waals surface area contributed by atoms with Crippen LogP contribution in [0.25, 0.3) is 11.5 Å². The van der Waals surface area contributed by atoms with E-state index in [4.69, 9.17) is 16.6 Å². The summed E-state index contributed by atoms with van der Waals surface area (Å²) in [6.45, 7) is 3.14. The van der Waals surface area contributed by atoms with Gasteiger partial charge in [-0.25, -0.2) is 9.07 Å². The highest BCUT2D eigenvalue weighted by atomic mass is 32.1. The largest absolute Gasteiger partial charge is 0.409 e. The molecular formula is C18H17FN4O2S2. The van der Waals surface area contributed by atoms with Gasteiger partial charge < -0.3 is 9.32 Å². The first-order valence-electron chi connectivity index (χ1n) is 8.50. The third kappa shape index (κ3) is 3.85. The molecule has 2 aromatic heterocycles. The molecule has 0 spiro atoms. The number of carbonyl (C=O) groups is 1. The maximum atomic E-state index is 13.9. The molecule has 0 atom stereocenters. The summed E-state index contributed by atoms with van der Waals surface area (Å²) < 4.78 is 20.9. The molecule has 3 aromatic rings. The lowest BCUT2D eigenvalue weighted by Crippen LogP contribution is -2.48. The molecule has 4 rings (SSSR count). The van der Waals surface area contributed by atoms with Crippen LogP contribution in [0.15, 0.2) is 46.2 Å². The maximum Gasteiger partial charge on any atom is 0.288 e. The molecule has 1 saturated heterocycles. The number of aromatic nitrogens is 2. The van der Waals surface area contributed by atoms with E-state index in [0.29, 0.717) is 32.8 Å². The molecule has 1 aliphatic rings. The lowest BCUT2D eigenvalue weighted by Gasteiger charge is -2.34. The number of hydrogen-bond acceptors (Lipinski definition) is 6. The van der Waals surface area contributed by atoms with Crippen molar-refractivity contribution in [3.63, 3.8) is 0 Å². The molecule has 6 nitrogen and oxygen atoms in total. The smallest absolute Gasteiger partial charge is 0.288 e. The first-order valence-corrected chi connectivity index (χ1v) is 9.78. The van der Waals surface area contributed by atoms with Crippen LogP contribution in [0.5, 0.6) is 0 Å². The quantitative estimate of drug-likeness (QED) is 0.623. The van der Waals surface area contributed by atoms with Gasteiger partial charge in [0.05, 0.1) is 17.1 Å². The first-order chi connectivity index (χ1) is 13.1. The Kier molecular flexibility index (Phi) is 5.15. The molecule has 1 aliphatic heterocycles. The second-order valence-electron chi connectivity index (χ2n) is 6.18. The topological polar surface area (TPSA) is 54.5 Å². The Bertz CT molecular complexity index is 991. The predicted molar refractivity (Wildman–Crippen MR) is 103 cm³/mol. The monoisotopic (exact) mass is 404 g/mol. The van der Waals surface area contributed by atoms with E-state index in [-0.39, 0.29) is 22.2 Å². The fourth-order valence-corrected chi connectivity index (χ4v) is 3.85. The Morgan fingerprint density at radius 1 is 1.19 bits per heavy atom. The molecule has 0 aliphatic carbocycles. The number of rotatable bonds is 4. The Balaban J connectivity index is 1.40. The van der Waals surface area contributed by atoms with Crippen molar-refractivity contribution in [1.29, 1.82) is 0 Å². The van der Waals surface area contributed by atoms with E-state index in [1.165, 1.54) is 17.4 Å². The minimum Gasteiger partial charge on any atom is -0.409 e. The van der Waals surface area contributed by atoms with Gasteiger partial charge in [0.15, 0.2) is 0 Å². The van der Waals surface area contributed by atoms with Gasteiger partial charge in [0.1, 0.15) is 5.82 Å².